The van der Waals surface area contributed by atoms with Gasteiger partial charge in [-0.1, -0.05) is 30.0 Å². The molecule has 4 N–H and O–H groups in total. The van der Waals surface area contributed by atoms with E-state index in [0.717, 1.165) is 5.56 Å². The Morgan fingerprint density at radius 1 is 1.08 bits per heavy atom. The highest BCUT2D eigenvalue weighted by Crippen LogP contribution is 2.18. The maximum Gasteiger partial charge on any atom is 0.327 e. The smallest absolute Gasteiger partial charge is 0.327 e. The second-order valence-electron chi connectivity index (χ2n) is 5.06. The van der Waals surface area contributed by atoms with Gasteiger partial charge in [-0.3, -0.25) is 4.79 Å². The molecule has 0 saturated carbocycles. The zero-order valence-electron chi connectivity index (χ0n) is 12.4. The highest BCUT2D eigenvalue weighted by Gasteiger charge is 2.34. The maximum atomic E-state index is 13.8. The molecule has 0 aliphatic carbocycles. The van der Waals surface area contributed by atoms with Gasteiger partial charge in [-0.15, -0.1) is 0 Å². The van der Waals surface area contributed by atoms with Gasteiger partial charge in [0, 0.05) is 17.2 Å². The van der Waals surface area contributed by atoms with Crippen LogP contribution < -0.4 is 21.1 Å². The van der Waals surface area contributed by atoms with E-state index >= 15 is 0 Å². The van der Waals surface area contributed by atoms with Crippen LogP contribution >= 0.6 is 0 Å². The van der Waals surface area contributed by atoms with E-state index in [1.54, 1.807) is 6.07 Å². The van der Waals surface area contributed by atoms with Crippen LogP contribution in [0.4, 0.5) is 4.39 Å². The van der Waals surface area contributed by atoms with Crippen molar-refractivity contribution in [1.82, 2.24) is 16.4 Å². The van der Waals surface area contributed by atoms with Crippen molar-refractivity contribution in [3.63, 3.8) is 0 Å². The summed E-state index contributed by atoms with van der Waals surface area (Å²) >= 11 is 0. The van der Waals surface area contributed by atoms with Crippen molar-refractivity contribution in [2.24, 2.45) is 0 Å². The van der Waals surface area contributed by atoms with Crippen molar-refractivity contribution in [3.8, 4) is 17.6 Å². The molecule has 1 heterocycles. The molecule has 2 atom stereocenters. The van der Waals surface area contributed by atoms with Crippen LogP contribution in [0.2, 0.25) is 0 Å². The Morgan fingerprint density at radius 3 is 2.58 bits per heavy atom. The Kier molecular flexibility index (Phi) is 4.72. The van der Waals surface area contributed by atoms with Crippen LogP contribution in [0, 0.1) is 17.7 Å². The molecule has 0 amide bonds. The Morgan fingerprint density at radius 2 is 1.83 bits per heavy atom. The lowest BCUT2D eigenvalue weighted by Crippen LogP contribution is -2.44. The minimum absolute atomic E-state index is 0.182. The van der Waals surface area contributed by atoms with E-state index in [2.05, 4.69) is 28.2 Å². The van der Waals surface area contributed by atoms with Gasteiger partial charge in [0.2, 0.25) is 0 Å². The number of hydrogen-bond acceptors (Lipinski definition) is 5. The topological polar surface area (TPSA) is 82.6 Å². The fourth-order valence-electron chi connectivity index (χ4n) is 2.15. The average Bonchev–Trinajstić information content (AvgIpc) is 3.02. The fourth-order valence-corrected chi connectivity index (χ4v) is 2.15. The molecule has 24 heavy (non-hydrogen) atoms. The normalized spacial score (nSPS) is 19.4. The predicted molar refractivity (Wildman–Crippen MR) is 84.1 cm³/mol. The van der Waals surface area contributed by atoms with E-state index in [0.29, 0.717) is 5.56 Å². The van der Waals surface area contributed by atoms with E-state index in [4.69, 9.17) is 9.84 Å². The third-order valence-corrected chi connectivity index (χ3v) is 3.27. The minimum Gasteiger partial charge on any atom is -0.480 e. The predicted octanol–water partition coefficient (Wildman–Crippen LogP) is 0.996. The summed E-state index contributed by atoms with van der Waals surface area (Å²) in [6, 6.07) is 12.3. The van der Waals surface area contributed by atoms with Crippen LogP contribution in [0.5, 0.6) is 5.75 Å². The van der Waals surface area contributed by atoms with Crippen LogP contribution in [-0.4, -0.2) is 23.3 Å². The third-order valence-electron chi connectivity index (χ3n) is 3.27. The zero-order chi connectivity index (χ0) is 16.9. The summed E-state index contributed by atoms with van der Waals surface area (Å²) in [5.74, 6) is 4.36. The molecule has 1 fully saturated rings. The number of halogens is 1. The van der Waals surface area contributed by atoms with Crippen LogP contribution in [0.15, 0.2) is 48.5 Å². The molecular formula is C17H14FN3O3. The third kappa shape index (κ3) is 3.88. The van der Waals surface area contributed by atoms with Crippen molar-refractivity contribution in [3.05, 3.63) is 65.5 Å². The van der Waals surface area contributed by atoms with Crippen LogP contribution in [-0.2, 0) is 4.79 Å². The number of ether oxygens (including phenoxy) is 1. The molecule has 6 nitrogen and oxygen atoms in total. The first-order valence-electron chi connectivity index (χ1n) is 7.15. The second-order valence-corrected chi connectivity index (χ2v) is 5.06. The second kappa shape index (κ2) is 7.10. The molecular weight excluding hydrogens is 313 g/mol. The molecule has 2 unspecified atom stereocenters. The number of benzene rings is 2. The summed E-state index contributed by atoms with van der Waals surface area (Å²) in [4.78, 5) is 11.1. The van der Waals surface area contributed by atoms with Crippen molar-refractivity contribution in [2.45, 2.75) is 12.3 Å². The van der Waals surface area contributed by atoms with Crippen LogP contribution in [0.3, 0.4) is 0 Å². The highest BCUT2D eigenvalue weighted by atomic mass is 19.1. The number of aliphatic carboxylic acids is 1. The number of carboxylic acid groups (broad SMARTS) is 1. The molecule has 0 bridgehead atoms. The van der Waals surface area contributed by atoms with Gasteiger partial charge in [0.15, 0.2) is 12.3 Å². The lowest BCUT2D eigenvalue weighted by atomic mass is 10.1. The monoisotopic (exact) mass is 327 g/mol. The fraction of sp³-hybridized carbons (Fsp3) is 0.118. The minimum atomic E-state index is -1.10. The quantitative estimate of drug-likeness (QED) is 0.630. The van der Waals surface area contributed by atoms with Gasteiger partial charge in [-0.05, 0) is 24.3 Å². The Hall–Kier alpha value is -2.92. The molecule has 0 radical (unpaired) electrons. The number of carbonyl (C=O) groups is 1. The van der Waals surface area contributed by atoms with Gasteiger partial charge < -0.3 is 9.84 Å². The van der Waals surface area contributed by atoms with Crippen molar-refractivity contribution in [2.75, 3.05) is 0 Å². The van der Waals surface area contributed by atoms with E-state index in [1.807, 2.05) is 30.3 Å². The molecule has 2 aromatic carbocycles. The van der Waals surface area contributed by atoms with Gasteiger partial charge >= 0.3 is 5.97 Å². The molecule has 2 aromatic rings. The summed E-state index contributed by atoms with van der Waals surface area (Å²) in [5, 5.41) is 9.06. The molecule has 122 valence electrons. The molecule has 1 saturated heterocycles. The molecule has 0 spiro atoms. The number of rotatable bonds is 3. The highest BCUT2D eigenvalue weighted by molar-refractivity contribution is 5.74. The Balaban J connectivity index is 1.79. The average molecular weight is 327 g/mol. The zero-order valence-corrected chi connectivity index (χ0v) is 12.4. The number of carboxylic acids is 1. The molecule has 1 aliphatic rings. The van der Waals surface area contributed by atoms with E-state index in [9.17, 15) is 9.18 Å². The summed E-state index contributed by atoms with van der Waals surface area (Å²) in [7, 11) is 0. The van der Waals surface area contributed by atoms with Crippen LogP contribution in [0.25, 0.3) is 0 Å². The van der Waals surface area contributed by atoms with Crippen molar-refractivity contribution < 1.29 is 19.0 Å². The Bertz CT molecular complexity index is 802. The lowest BCUT2D eigenvalue weighted by Gasteiger charge is -2.16. The first-order valence-corrected chi connectivity index (χ1v) is 7.15. The summed E-state index contributed by atoms with van der Waals surface area (Å²) in [6.45, 7) is 0. The van der Waals surface area contributed by atoms with Gasteiger partial charge in [-0.25, -0.2) is 15.2 Å². The van der Waals surface area contributed by atoms with Gasteiger partial charge in [0.1, 0.15) is 11.6 Å². The maximum absolute atomic E-state index is 13.8. The number of nitrogens with one attached hydrogen (secondary N) is 3. The molecule has 3 rings (SSSR count). The molecule has 7 heteroatoms. The Labute approximate surface area is 137 Å². The first kappa shape index (κ1) is 16.0. The number of hydrazine groups is 2. The van der Waals surface area contributed by atoms with Crippen molar-refractivity contribution in [1.29, 1.82) is 0 Å². The summed E-state index contributed by atoms with van der Waals surface area (Å²) in [6.07, 6.45) is -0.890. The van der Waals surface area contributed by atoms with Gasteiger partial charge in [0.25, 0.3) is 0 Å². The first-order chi connectivity index (χ1) is 11.6. The van der Waals surface area contributed by atoms with E-state index in [1.165, 1.54) is 12.1 Å². The molecule has 1 aliphatic heterocycles. The summed E-state index contributed by atoms with van der Waals surface area (Å²) in [5.41, 5.74) is 8.81. The van der Waals surface area contributed by atoms with Gasteiger partial charge in [-0.2, -0.15) is 5.53 Å². The van der Waals surface area contributed by atoms with Crippen LogP contribution in [0.1, 0.15) is 11.1 Å². The summed E-state index contributed by atoms with van der Waals surface area (Å²) < 4.78 is 19.3. The SMILES string of the molecule is O=C(O)C1NNNC1Oc1cc(F)cc(C#Cc2ccccc2)c1. The largest absolute Gasteiger partial charge is 0.480 e. The molecule has 0 aromatic heterocycles. The van der Waals surface area contributed by atoms with Crippen molar-refractivity contribution >= 4 is 5.97 Å². The standard InChI is InChI=1S/C17H14FN3O3/c18-13-8-12(7-6-11-4-2-1-3-5-11)9-14(10-13)24-16-15(17(22)23)19-21-20-16/h1-5,8-10,15-16,19-21H,(H,22,23). The number of hydrogen-bond donors (Lipinski definition) is 4. The van der Waals surface area contributed by atoms with E-state index < -0.39 is 24.1 Å². The lowest BCUT2D eigenvalue weighted by molar-refractivity contribution is -0.141. The van der Waals surface area contributed by atoms with Gasteiger partial charge in [0.05, 0.1) is 0 Å². The van der Waals surface area contributed by atoms with E-state index in [-0.39, 0.29) is 5.75 Å².